The van der Waals surface area contributed by atoms with Crippen LogP contribution >= 0.6 is 11.8 Å². The first-order chi connectivity index (χ1) is 13.5. The van der Waals surface area contributed by atoms with E-state index in [0.717, 1.165) is 4.90 Å². The number of ether oxygens (including phenoxy) is 1. The Labute approximate surface area is 165 Å². The highest BCUT2D eigenvalue weighted by molar-refractivity contribution is 8.01. The molecule has 1 aliphatic rings. The molecule has 9 heteroatoms. The molecule has 0 fully saturated rings. The Bertz CT molecular complexity index is 903. The van der Waals surface area contributed by atoms with E-state index in [2.05, 4.69) is 16.2 Å². The van der Waals surface area contributed by atoms with E-state index in [0.29, 0.717) is 11.3 Å². The van der Waals surface area contributed by atoms with Crippen LogP contribution in [0.25, 0.3) is 0 Å². The van der Waals surface area contributed by atoms with Gasteiger partial charge >= 0.3 is 5.97 Å². The van der Waals surface area contributed by atoms with Gasteiger partial charge in [-0.1, -0.05) is 30.3 Å². The van der Waals surface area contributed by atoms with Crippen LogP contribution in [0.4, 0.5) is 5.69 Å². The summed E-state index contributed by atoms with van der Waals surface area (Å²) in [5.41, 5.74) is 5.47. The van der Waals surface area contributed by atoms with Crippen LogP contribution in [0.3, 0.4) is 0 Å². The molecule has 2 aromatic rings. The number of carbonyl (C=O) groups excluding carboxylic acids is 4. The Morgan fingerprint density at radius 3 is 2.50 bits per heavy atom. The number of thioether (sulfide) groups is 1. The van der Waals surface area contributed by atoms with E-state index in [1.165, 1.54) is 11.8 Å². The monoisotopic (exact) mass is 399 g/mol. The molecule has 0 unspecified atom stereocenters. The molecule has 0 aromatic heterocycles. The van der Waals surface area contributed by atoms with Gasteiger partial charge in [0.15, 0.2) is 6.61 Å². The third-order valence-corrected chi connectivity index (χ3v) is 5.05. The van der Waals surface area contributed by atoms with Gasteiger partial charge in [-0.2, -0.15) is 0 Å². The van der Waals surface area contributed by atoms with E-state index in [1.54, 1.807) is 36.4 Å². The van der Waals surface area contributed by atoms with Crippen LogP contribution in [-0.2, 0) is 19.1 Å². The number of hydrogen-bond acceptors (Lipinski definition) is 6. The lowest BCUT2D eigenvalue weighted by molar-refractivity contribution is -0.149. The summed E-state index contributed by atoms with van der Waals surface area (Å²) in [6, 6.07) is 15.6. The number of para-hydroxylation sites is 1. The van der Waals surface area contributed by atoms with Crippen molar-refractivity contribution in [3.63, 3.8) is 0 Å². The highest BCUT2D eigenvalue weighted by atomic mass is 32.2. The van der Waals surface area contributed by atoms with Crippen molar-refractivity contribution < 1.29 is 23.9 Å². The van der Waals surface area contributed by atoms with Crippen molar-refractivity contribution in [2.45, 2.75) is 16.6 Å². The van der Waals surface area contributed by atoms with Gasteiger partial charge in [-0.25, -0.2) is 0 Å². The van der Waals surface area contributed by atoms with Crippen molar-refractivity contribution in [3.8, 4) is 0 Å². The van der Waals surface area contributed by atoms with Crippen molar-refractivity contribution >= 4 is 41.1 Å². The molecule has 0 bridgehead atoms. The first-order valence-electron chi connectivity index (χ1n) is 8.39. The minimum Gasteiger partial charge on any atom is -0.455 e. The summed E-state index contributed by atoms with van der Waals surface area (Å²) in [6.45, 7) is -0.566. The van der Waals surface area contributed by atoms with Crippen molar-refractivity contribution in [1.29, 1.82) is 0 Å². The smallest absolute Gasteiger partial charge is 0.307 e. The third-order valence-electron chi connectivity index (χ3n) is 3.77. The highest BCUT2D eigenvalue weighted by Crippen LogP contribution is 2.36. The summed E-state index contributed by atoms with van der Waals surface area (Å²) >= 11 is 1.27. The zero-order chi connectivity index (χ0) is 19.9. The number of rotatable bonds is 5. The van der Waals surface area contributed by atoms with Crippen LogP contribution in [0.5, 0.6) is 0 Å². The first kappa shape index (κ1) is 19.4. The van der Waals surface area contributed by atoms with E-state index in [4.69, 9.17) is 4.74 Å². The molecule has 2 aromatic carbocycles. The Kier molecular flexibility index (Phi) is 6.28. The van der Waals surface area contributed by atoms with Gasteiger partial charge in [0.1, 0.15) is 0 Å². The van der Waals surface area contributed by atoms with Gasteiger partial charge in [0.05, 0.1) is 17.4 Å². The van der Waals surface area contributed by atoms with Crippen LogP contribution < -0.4 is 16.2 Å². The summed E-state index contributed by atoms with van der Waals surface area (Å²) in [5.74, 6) is -2.16. The van der Waals surface area contributed by atoms with Crippen molar-refractivity contribution in [3.05, 3.63) is 60.2 Å². The van der Waals surface area contributed by atoms with Crippen LogP contribution in [0.15, 0.2) is 59.5 Å². The predicted octanol–water partition coefficient (Wildman–Crippen LogP) is 1.49. The minimum atomic E-state index is -0.691. The average Bonchev–Trinajstić information content (AvgIpc) is 2.71. The largest absolute Gasteiger partial charge is 0.455 e. The summed E-state index contributed by atoms with van der Waals surface area (Å²) in [5, 5.41) is 2.10. The maximum absolute atomic E-state index is 12.1. The molecular formula is C19H17N3O5S. The molecular weight excluding hydrogens is 382 g/mol. The van der Waals surface area contributed by atoms with Crippen molar-refractivity contribution in [2.24, 2.45) is 0 Å². The lowest BCUT2D eigenvalue weighted by atomic mass is 10.2. The normalized spacial score (nSPS) is 15.0. The van der Waals surface area contributed by atoms with Crippen molar-refractivity contribution in [2.75, 3.05) is 11.9 Å². The van der Waals surface area contributed by atoms with Gasteiger partial charge in [-0.05, 0) is 24.3 Å². The molecule has 3 amide bonds. The second kappa shape index (κ2) is 9.05. The molecule has 0 aliphatic carbocycles. The summed E-state index contributed by atoms with van der Waals surface area (Å²) < 4.78 is 4.89. The molecule has 28 heavy (non-hydrogen) atoms. The highest BCUT2D eigenvalue weighted by Gasteiger charge is 2.29. The Morgan fingerprint density at radius 2 is 1.71 bits per heavy atom. The third kappa shape index (κ3) is 5.10. The topological polar surface area (TPSA) is 114 Å². The number of benzene rings is 2. The fraction of sp³-hybridized carbons (Fsp3) is 0.158. The van der Waals surface area contributed by atoms with E-state index >= 15 is 0 Å². The number of carbonyl (C=O) groups is 4. The quantitative estimate of drug-likeness (QED) is 0.519. The van der Waals surface area contributed by atoms with Crippen LogP contribution in [0.1, 0.15) is 16.8 Å². The van der Waals surface area contributed by atoms with E-state index in [-0.39, 0.29) is 12.3 Å². The van der Waals surface area contributed by atoms with E-state index in [9.17, 15) is 19.2 Å². The van der Waals surface area contributed by atoms with Gasteiger partial charge in [-0.15, -0.1) is 11.8 Å². The average molecular weight is 399 g/mol. The molecule has 0 spiro atoms. The lowest BCUT2D eigenvalue weighted by Gasteiger charge is -2.23. The predicted molar refractivity (Wildman–Crippen MR) is 102 cm³/mol. The molecule has 1 heterocycles. The van der Waals surface area contributed by atoms with Crippen LogP contribution in [0, 0.1) is 0 Å². The number of anilines is 1. The van der Waals surface area contributed by atoms with Gasteiger partial charge in [0.25, 0.3) is 11.8 Å². The SMILES string of the molecule is O=C(COC(=O)C[C@H]1Sc2ccccc2NC1=O)NNC(=O)c1ccccc1. The Balaban J connectivity index is 1.41. The fourth-order valence-corrected chi connectivity index (χ4v) is 3.50. The second-order valence-electron chi connectivity index (χ2n) is 5.83. The fourth-order valence-electron chi connectivity index (χ4n) is 2.41. The molecule has 144 valence electrons. The molecule has 0 radical (unpaired) electrons. The van der Waals surface area contributed by atoms with Crippen LogP contribution in [0.2, 0.25) is 0 Å². The Morgan fingerprint density at radius 1 is 1.00 bits per heavy atom. The number of fused-ring (bicyclic) bond motifs is 1. The zero-order valence-electron chi connectivity index (χ0n) is 14.6. The number of nitrogens with one attached hydrogen (secondary N) is 3. The first-order valence-corrected chi connectivity index (χ1v) is 9.27. The Hall–Kier alpha value is -3.33. The van der Waals surface area contributed by atoms with Crippen molar-refractivity contribution in [1.82, 2.24) is 10.9 Å². The van der Waals surface area contributed by atoms with E-state index in [1.807, 2.05) is 18.2 Å². The molecule has 1 aliphatic heterocycles. The molecule has 3 rings (SSSR count). The summed E-state index contributed by atoms with van der Waals surface area (Å²) in [6.07, 6.45) is -0.172. The molecule has 8 nitrogen and oxygen atoms in total. The molecule has 1 atom stereocenters. The molecule has 0 saturated carbocycles. The second-order valence-corrected chi connectivity index (χ2v) is 7.07. The van der Waals surface area contributed by atoms with Gasteiger partial charge in [-0.3, -0.25) is 30.0 Å². The lowest BCUT2D eigenvalue weighted by Crippen LogP contribution is -2.43. The minimum absolute atomic E-state index is 0.172. The van der Waals surface area contributed by atoms with Gasteiger partial charge in [0.2, 0.25) is 5.91 Å². The summed E-state index contributed by atoms with van der Waals surface area (Å²) in [7, 11) is 0. The van der Waals surface area contributed by atoms with Gasteiger partial charge < -0.3 is 10.1 Å². The molecule has 0 saturated heterocycles. The number of hydrazine groups is 1. The molecule has 3 N–H and O–H groups in total. The summed E-state index contributed by atoms with van der Waals surface area (Å²) in [4.78, 5) is 48.4. The number of hydrogen-bond donors (Lipinski definition) is 3. The maximum atomic E-state index is 12.1. The van der Waals surface area contributed by atoms with Crippen LogP contribution in [-0.4, -0.2) is 35.5 Å². The number of esters is 1. The maximum Gasteiger partial charge on any atom is 0.307 e. The standard InChI is InChI=1S/C19H17N3O5S/c23-16(21-22-18(25)12-6-2-1-3-7-12)11-27-17(24)10-15-19(26)20-13-8-4-5-9-14(13)28-15/h1-9,15H,10-11H2,(H,20,26)(H,21,23)(H,22,25)/t15-/m1/s1. The number of amides is 3. The van der Waals surface area contributed by atoms with E-state index < -0.39 is 29.6 Å². The van der Waals surface area contributed by atoms with Gasteiger partial charge in [0, 0.05) is 10.5 Å². The zero-order valence-corrected chi connectivity index (χ0v) is 15.5.